The van der Waals surface area contributed by atoms with Crippen LogP contribution in [0.15, 0.2) is 48.5 Å². The molecule has 8 nitrogen and oxygen atoms in total. The molecule has 8 heteroatoms. The lowest BCUT2D eigenvalue weighted by Gasteiger charge is -2.23. The van der Waals surface area contributed by atoms with Gasteiger partial charge in [-0.2, -0.15) is 0 Å². The average Bonchev–Trinajstić information content (AvgIpc) is 2.66. The lowest BCUT2D eigenvalue weighted by atomic mass is 10.0. The lowest BCUT2D eigenvalue weighted by Crippen LogP contribution is -2.48. The van der Waals surface area contributed by atoms with Crippen molar-refractivity contribution in [2.24, 2.45) is 5.92 Å². The number of rotatable bonds is 5. The zero-order valence-electron chi connectivity index (χ0n) is 15.6. The molecule has 2 aromatic rings. The number of para-hydroxylation sites is 1. The first kappa shape index (κ1) is 19.2. The van der Waals surface area contributed by atoms with E-state index in [0.29, 0.717) is 22.8 Å². The Morgan fingerprint density at radius 2 is 1.79 bits per heavy atom. The van der Waals surface area contributed by atoms with Crippen molar-refractivity contribution in [1.82, 2.24) is 5.32 Å². The Labute approximate surface area is 162 Å². The Morgan fingerprint density at radius 1 is 1.04 bits per heavy atom. The van der Waals surface area contributed by atoms with Crippen LogP contribution < -0.4 is 26.0 Å². The smallest absolute Gasteiger partial charge is 0.319 e. The van der Waals surface area contributed by atoms with Crippen LogP contribution in [0.5, 0.6) is 5.75 Å². The SMILES string of the molecule is CC(C)[C@H](NC(=O)Nc1ccccc1)C(=O)Nc1ccc2c(c1)NC(=O)CO2. The van der Waals surface area contributed by atoms with E-state index in [1.54, 1.807) is 42.5 Å². The summed E-state index contributed by atoms with van der Waals surface area (Å²) in [6.45, 7) is 3.65. The van der Waals surface area contributed by atoms with E-state index in [1.165, 1.54) is 0 Å². The minimum Gasteiger partial charge on any atom is -0.482 e. The molecule has 0 saturated carbocycles. The zero-order chi connectivity index (χ0) is 20.1. The molecule has 4 amide bonds. The summed E-state index contributed by atoms with van der Waals surface area (Å²) in [4.78, 5) is 36.4. The van der Waals surface area contributed by atoms with E-state index < -0.39 is 12.1 Å². The molecule has 146 valence electrons. The minimum absolute atomic E-state index is 0.0332. The van der Waals surface area contributed by atoms with Crippen LogP contribution in [0.3, 0.4) is 0 Å². The van der Waals surface area contributed by atoms with Gasteiger partial charge in [0.2, 0.25) is 5.91 Å². The summed E-state index contributed by atoms with van der Waals surface area (Å²) in [6.07, 6.45) is 0. The summed E-state index contributed by atoms with van der Waals surface area (Å²) in [6, 6.07) is 12.7. The highest BCUT2D eigenvalue weighted by molar-refractivity contribution is 6.01. The van der Waals surface area contributed by atoms with Crippen LogP contribution in [0.2, 0.25) is 0 Å². The number of anilines is 3. The van der Waals surface area contributed by atoms with Crippen molar-refractivity contribution in [3.05, 3.63) is 48.5 Å². The quantitative estimate of drug-likeness (QED) is 0.638. The van der Waals surface area contributed by atoms with Gasteiger partial charge < -0.3 is 26.0 Å². The molecule has 0 aromatic heterocycles. The summed E-state index contributed by atoms with van der Waals surface area (Å²) in [7, 11) is 0. The number of amides is 4. The van der Waals surface area contributed by atoms with Crippen molar-refractivity contribution in [2.75, 3.05) is 22.6 Å². The van der Waals surface area contributed by atoms with E-state index in [-0.39, 0.29) is 24.3 Å². The minimum atomic E-state index is -0.745. The number of benzene rings is 2. The summed E-state index contributed by atoms with van der Waals surface area (Å²) in [5, 5.41) is 10.9. The van der Waals surface area contributed by atoms with Crippen molar-refractivity contribution in [3.8, 4) is 5.75 Å². The summed E-state index contributed by atoms with van der Waals surface area (Å²) in [5.41, 5.74) is 1.61. The molecule has 28 heavy (non-hydrogen) atoms. The highest BCUT2D eigenvalue weighted by Crippen LogP contribution is 2.30. The van der Waals surface area contributed by atoms with E-state index in [4.69, 9.17) is 4.74 Å². The maximum atomic E-state index is 12.7. The standard InChI is InChI=1S/C20H22N4O4/c1-12(2)18(24-20(27)22-13-6-4-3-5-7-13)19(26)21-14-8-9-16-15(10-14)23-17(25)11-28-16/h3-10,12,18H,11H2,1-2H3,(H,21,26)(H,23,25)(H2,22,24,27)/t18-/m0/s1. The predicted molar refractivity (Wildman–Crippen MR) is 106 cm³/mol. The van der Waals surface area contributed by atoms with E-state index in [2.05, 4.69) is 21.3 Å². The number of carbonyl (C=O) groups excluding carboxylic acids is 3. The molecule has 0 bridgehead atoms. The number of carbonyl (C=O) groups is 3. The predicted octanol–water partition coefficient (Wildman–Crippen LogP) is 2.80. The molecule has 1 aliphatic rings. The Balaban J connectivity index is 1.65. The van der Waals surface area contributed by atoms with Gasteiger partial charge in [0.1, 0.15) is 11.8 Å². The summed E-state index contributed by atoms with van der Waals surface area (Å²) < 4.78 is 5.30. The van der Waals surface area contributed by atoms with Gasteiger partial charge in [-0.25, -0.2) is 4.79 Å². The second-order valence-corrected chi connectivity index (χ2v) is 6.72. The molecule has 1 aliphatic heterocycles. The highest BCUT2D eigenvalue weighted by Gasteiger charge is 2.25. The van der Waals surface area contributed by atoms with Gasteiger partial charge in [-0.3, -0.25) is 9.59 Å². The molecular weight excluding hydrogens is 360 g/mol. The maximum Gasteiger partial charge on any atom is 0.319 e. The monoisotopic (exact) mass is 382 g/mol. The van der Waals surface area contributed by atoms with Crippen molar-refractivity contribution >= 4 is 34.9 Å². The van der Waals surface area contributed by atoms with E-state index in [0.717, 1.165) is 0 Å². The molecule has 0 spiro atoms. The fraction of sp³-hybridized carbons (Fsp3) is 0.250. The van der Waals surface area contributed by atoms with Crippen molar-refractivity contribution < 1.29 is 19.1 Å². The number of urea groups is 1. The Kier molecular flexibility index (Phi) is 5.78. The first-order valence-corrected chi connectivity index (χ1v) is 8.92. The molecule has 0 aliphatic carbocycles. The first-order chi connectivity index (χ1) is 13.4. The third-order valence-corrected chi connectivity index (χ3v) is 4.15. The van der Waals surface area contributed by atoms with Gasteiger partial charge >= 0.3 is 6.03 Å². The molecular formula is C20H22N4O4. The number of hydrogen-bond donors (Lipinski definition) is 4. The van der Waals surface area contributed by atoms with Crippen LogP contribution in [-0.2, 0) is 9.59 Å². The highest BCUT2D eigenvalue weighted by atomic mass is 16.5. The van der Waals surface area contributed by atoms with Gasteiger partial charge in [0.05, 0.1) is 5.69 Å². The molecule has 0 unspecified atom stereocenters. The van der Waals surface area contributed by atoms with Crippen LogP contribution in [0, 0.1) is 5.92 Å². The number of nitrogens with one attached hydrogen (secondary N) is 4. The molecule has 3 rings (SSSR count). The Bertz CT molecular complexity index is 883. The van der Waals surface area contributed by atoms with Crippen molar-refractivity contribution in [3.63, 3.8) is 0 Å². The molecule has 4 N–H and O–H groups in total. The van der Waals surface area contributed by atoms with Crippen LogP contribution in [0.1, 0.15) is 13.8 Å². The van der Waals surface area contributed by atoms with E-state index >= 15 is 0 Å². The van der Waals surface area contributed by atoms with Crippen LogP contribution >= 0.6 is 0 Å². The van der Waals surface area contributed by atoms with Crippen LogP contribution in [0.25, 0.3) is 0 Å². The Hall–Kier alpha value is -3.55. The largest absolute Gasteiger partial charge is 0.482 e. The van der Waals surface area contributed by atoms with Crippen LogP contribution in [0.4, 0.5) is 21.9 Å². The first-order valence-electron chi connectivity index (χ1n) is 8.92. The van der Waals surface area contributed by atoms with Gasteiger partial charge in [0.15, 0.2) is 6.61 Å². The van der Waals surface area contributed by atoms with Crippen molar-refractivity contribution in [1.29, 1.82) is 0 Å². The normalized spacial score (nSPS) is 13.6. The fourth-order valence-corrected chi connectivity index (χ4v) is 2.75. The molecule has 0 radical (unpaired) electrons. The maximum absolute atomic E-state index is 12.7. The van der Waals surface area contributed by atoms with Gasteiger partial charge in [-0.15, -0.1) is 0 Å². The molecule has 1 atom stereocenters. The average molecular weight is 382 g/mol. The van der Waals surface area contributed by atoms with Crippen LogP contribution in [-0.4, -0.2) is 30.5 Å². The van der Waals surface area contributed by atoms with Gasteiger partial charge in [0.25, 0.3) is 5.91 Å². The van der Waals surface area contributed by atoms with Gasteiger partial charge in [0, 0.05) is 11.4 Å². The van der Waals surface area contributed by atoms with Gasteiger partial charge in [-0.1, -0.05) is 32.0 Å². The third kappa shape index (κ3) is 4.79. The molecule has 0 saturated heterocycles. The number of fused-ring (bicyclic) bond motifs is 1. The second-order valence-electron chi connectivity index (χ2n) is 6.72. The van der Waals surface area contributed by atoms with Crippen molar-refractivity contribution in [2.45, 2.75) is 19.9 Å². The molecule has 1 heterocycles. The lowest BCUT2D eigenvalue weighted by molar-refractivity contribution is -0.119. The topological polar surface area (TPSA) is 109 Å². The summed E-state index contributed by atoms with van der Waals surface area (Å²) in [5.74, 6) is -0.211. The van der Waals surface area contributed by atoms with E-state index in [1.807, 2.05) is 19.9 Å². The fourth-order valence-electron chi connectivity index (χ4n) is 2.75. The molecule has 0 fully saturated rings. The van der Waals surface area contributed by atoms with Gasteiger partial charge in [-0.05, 0) is 36.2 Å². The molecule has 2 aromatic carbocycles. The third-order valence-electron chi connectivity index (χ3n) is 4.15. The summed E-state index contributed by atoms with van der Waals surface area (Å²) >= 11 is 0. The number of hydrogen-bond acceptors (Lipinski definition) is 4. The number of ether oxygens (including phenoxy) is 1. The zero-order valence-corrected chi connectivity index (χ0v) is 15.6. The Morgan fingerprint density at radius 3 is 2.50 bits per heavy atom. The van der Waals surface area contributed by atoms with E-state index in [9.17, 15) is 14.4 Å². The second kappa shape index (κ2) is 8.43.